The third-order valence-corrected chi connectivity index (χ3v) is 6.85. The van der Waals surface area contributed by atoms with Gasteiger partial charge in [0.1, 0.15) is 5.75 Å². The lowest BCUT2D eigenvalue weighted by atomic mass is 9.95. The third kappa shape index (κ3) is 4.39. The molecule has 0 aliphatic carbocycles. The quantitative estimate of drug-likeness (QED) is 0.633. The number of ether oxygens (including phenoxy) is 1. The van der Waals surface area contributed by atoms with Crippen molar-refractivity contribution in [2.75, 3.05) is 39.8 Å². The monoisotopic (exact) mass is 438 g/mol. The number of amides is 3. The minimum atomic E-state index is -0.478. The predicted molar refractivity (Wildman–Crippen MR) is 124 cm³/mol. The maximum absolute atomic E-state index is 13.5. The predicted octanol–water partition coefficient (Wildman–Crippen LogP) is 3.31. The number of carbonyl (C=O) groups is 2. The van der Waals surface area contributed by atoms with Gasteiger partial charge in [0, 0.05) is 25.7 Å². The fourth-order valence-corrected chi connectivity index (χ4v) is 5.08. The minimum Gasteiger partial charge on any atom is -0.497 e. The van der Waals surface area contributed by atoms with Crippen LogP contribution < -0.4 is 10.1 Å². The number of hydrogen-bond acceptors (Lipinski definition) is 4. The Balaban J connectivity index is 1.53. The number of nitrogens with one attached hydrogen (secondary N) is 1. The Morgan fingerprint density at radius 3 is 2.84 bits per heavy atom. The van der Waals surface area contributed by atoms with E-state index in [9.17, 15) is 9.59 Å². The van der Waals surface area contributed by atoms with Crippen LogP contribution in [0.25, 0.3) is 0 Å². The molecule has 0 bridgehead atoms. The van der Waals surface area contributed by atoms with Gasteiger partial charge in [0.2, 0.25) is 0 Å². The van der Waals surface area contributed by atoms with Gasteiger partial charge in [-0.25, -0.2) is 4.79 Å². The molecule has 0 spiro atoms. The van der Waals surface area contributed by atoms with Crippen molar-refractivity contribution in [2.24, 2.45) is 0 Å². The lowest BCUT2D eigenvalue weighted by Gasteiger charge is -2.33. The lowest BCUT2D eigenvalue weighted by molar-refractivity contribution is -0.125. The first-order chi connectivity index (χ1) is 15.5. The fraction of sp³-hybridized carbons (Fsp3) is 0.520. The SMILES string of the molecule is C=CCN1C(=O)NC(c2cccc(OC)c2)C2=C1CN(CCCN1CCCCC1C)C2=O. The minimum absolute atomic E-state index is 0.00794. The smallest absolute Gasteiger partial charge is 0.322 e. The van der Waals surface area contributed by atoms with Crippen molar-refractivity contribution in [1.82, 2.24) is 20.0 Å². The highest BCUT2D eigenvalue weighted by Gasteiger charge is 2.43. The van der Waals surface area contributed by atoms with Crippen molar-refractivity contribution < 1.29 is 14.3 Å². The molecule has 32 heavy (non-hydrogen) atoms. The molecule has 1 fully saturated rings. The summed E-state index contributed by atoms with van der Waals surface area (Å²) in [6.07, 6.45) is 6.45. The molecule has 3 amide bonds. The number of likely N-dealkylation sites (tertiary alicyclic amines) is 1. The zero-order valence-corrected chi connectivity index (χ0v) is 19.2. The van der Waals surface area contributed by atoms with Gasteiger partial charge >= 0.3 is 6.03 Å². The Morgan fingerprint density at radius 1 is 1.25 bits per heavy atom. The van der Waals surface area contributed by atoms with Crippen molar-refractivity contribution in [3.05, 3.63) is 53.8 Å². The first-order valence-electron chi connectivity index (χ1n) is 11.6. The van der Waals surface area contributed by atoms with Gasteiger partial charge in [0.25, 0.3) is 5.91 Å². The molecule has 1 aromatic rings. The molecule has 7 heteroatoms. The second-order valence-corrected chi connectivity index (χ2v) is 8.88. The summed E-state index contributed by atoms with van der Waals surface area (Å²) in [5.74, 6) is 0.707. The van der Waals surface area contributed by atoms with Crippen molar-refractivity contribution in [3.63, 3.8) is 0 Å². The van der Waals surface area contributed by atoms with Crippen LogP contribution in [0.4, 0.5) is 4.79 Å². The van der Waals surface area contributed by atoms with Gasteiger partial charge in [0.15, 0.2) is 0 Å². The molecular formula is C25H34N4O3. The van der Waals surface area contributed by atoms with E-state index >= 15 is 0 Å². The van der Waals surface area contributed by atoms with E-state index in [-0.39, 0.29) is 11.9 Å². The van der Waals surface area contributed by atoms with Gasteiger partial charge < -0.3 is 19.9 Å². The molecular weight excluding hydrogens is 404 g/mol. The summed E-state index contributed by atoms with van der Waals surface area (Å²) in [7, 11) is 1.61. The largest absolute Gasteiger partial charge is 0.497 e. The molecule has 1 aromatic carbocycles. The molecule has 0 radical (unpaired) electrons. The molecule has 2 atom stereocenters. The third-order valence-electron chi connectivity index (χ3n) is 6.85. The van der Waals surface area contributed by atoms with Crippen LogP contribution in [0.3, 0.4) is 0 Å². The Labute approximate surface area is 190 Å². The number of methoxy groups -OCH3 is 1. The van der Waals surface area contributed by atoms with Crippen LogP contribution in [0.15, 0.2) is 48.2 Å². The first kappa shape index (κ1) is 22.4. The van der Waals surface area contributed by atoms with Crippen molar-refractivity contribution >= 4 is 11.9 Å². The van der Waals surface area contributed by atoms with Crippen LogP contribution in [0.2, 0.25) is 0 Å². The van der Waals surface area contributed by atoms with E-state index in [1.165, 1.54) is 19.3 Å². The summed E-state index contributed by atoms with van der Waals surface area (Å²) in [4.78, 5) is 32.5. The van der Waals surface area contributed by atoms with Gasteiger partial charge in [-0.1, -0.05) is 24.6 Å². The summed E-state index contributed by atoms with van der Waals surface area (Å²) in [5, 5.41) is 3.02. The van der Waals surface area contributed by atoms with E-state index in [0.29, 0.717) is 37.0 Å². The highest BCUT2D eigenvalue weighted by atomic mass is 16.5. The normalized spacial score (nSPS) is 23.9. The Hall–Kier alpha value is -2.80. The van der Waals surface area contributed by atoms with Crippen molar-refractivity contribution in [1.29, 1.82) is 0 Å². The zero-order chi connectivity index (χ0) is 22.7. The van der Waals surface area contributed by atoms with E-state index in [2.05, 4.69) is 23.7 Å². The molecule has 7 nitrogen and oxygen atoms in total. The van der Waals surface area contributed by atoms with Crippen molar-refractivity contribution in [3.8, 4) is 5.75 Å². The molecule has 3 heterocycles. The zero-order valence-electron chi connectivity index (χ0n) is 19.2. The van der Waals surface area contributed by atoms with Gasteiger partial charge in [-0.15, -0.1) is 6.58 Å². The van der Waals surface area contributed by atoms with Crippen LogP contribution in [-0.4, -0.2) is 72.5 Å². The number of benzene rings is 1. The number of urea groups is 1. The Morgan fingerprint density at radius 2 is 2.09 bits per heavy atom. The fourth-order valence-electron chi connectivity index (χ4n) is 5.08. The summed E-state index contributed by atoms with van der Waals surface area (Å²) >= 11 is 0. The van der Waals surface area contributed by atoms with E-state index in [1.807, 2.05) is 29.2 Å². The number of piperidine rings is 1. The average molecular weight is 439 g/mol. The molecule has 4 rings (SSSR count). The summed E-state index contributed by atoms with van der Waals surface area (Å²) < 4.78 is 5.36. The van der Waals surface area contributed by atoms with Crippen LogP contribution in [0.5, 0.6) is 5.75 Å². The molecule has 1 N–H and O–H groups in total. The second-order valence-electron chi connectivity index (χ2n) is 8.88. The summed E-state index contributed by atoms with van der Waals surface area (Å²) in [6, 6.07) is 7.49. The lowest BCUT2D eigenvalue weighted by Crippen LogP contribution is -2.47. The maximum Gasteiger partial charge on any atom is 0.322 e. The van der Waals surface area contributed by atoms with E-state index in [0.717, 1.165) is 30.8 Å². The number of carbonyl (C=O) groups excluding carboxylic acids is 2. The summed E-state index contributed by atoms with van der Waals surface area (Å²) in [5.41, 5.74) is 2.30. The molecule has 1 saturated heterocycles. The average Bonchev–Trinajstić information content (AvgIpc) is 3.13. The first-order valence-corrected chi connectivity index (χ1v) is 11.6. The van der Waals surface area contributed by atoms with Gasteiger partial charge in [-0.05, 0) is 50.4 Å². The highest BCUT2D eigenvalue weighted by molar-refractivity contribution is 6.01. The van der Waals surface area contributed by atoms with E-state index in [1.54, 1.807) is 18.1 Å². The van der Waals surface area contributed by atoms with Crippen LogP contribution in [0.1, 0.15) is 44.2 Å². The standard InChI is InChI=1S/C25H34N4O3/c1-4-12-29-21-17-28(15-8-14-27-13-6-5-9-18(27)2)24(30)22(21)23(26-25(29)31)19-10-7-11-20(16-19)32-3/h4,7,10-11,16,18,23H,1,5-6,8-9,12-15,17H2,2-3H3,(H,26,31). The van der Waals surface area contributed by atoms with Crippen LogP contribution in [-0.2, 0) is 4.79 Å². The molecule has 0 saturated carbocycles. The molecule has 172 valence electrons. The second kappa shape index (κ2) is 9.77. The molecule has 2 unspecified atom stereocenters. The van der Waals surface area contributed by atoms with E-state index < -0.39 is 6.04 Å². The highest BCUT2D eigenvalue weighted by Crippen LogP contribution is 2.37. The van der Waals surface area contributed by atoms with Crippen molar-refractivity contribution in [2.45, 2.75) is 44.7 Å². The van der Waals surface area contributed by atoms with Gasteiger partial charge in [0.05, 0.1) is 31.0 Å². The van der Waals surface area contributed by atoms with Crippen LogP contribution >= 0.6 is 0 Å². The number of hydrogen-bond donors (Lipinski definition) is 1. The molecule has 3 aliphatic rings. The van der Waals surface area contributed by atoms with Gasteiger partial charge in [-0.3, -0.25) is 9.69 Å². The summed E-state index contributed by atoms with van der Waals surface area (Å²) in [6.45, 7) is 9.76. The van der Waals surface area contributed by atoms with Crippen LogP contribution in [0, 0.1) is 0 Å². The number of nitrogens with zero attached hydrogens (tertiary/aromatic N) is 3. The molecule has 0 aromatic heterocycles. The Kier molecular flexibility index (Phi) is 6.84. The maximum atomic E-state index is 13.5. The topological polar surface area (TPSA) is 65.1 Å². The number of rotatable bonds is 8. The molecule has 3 aliphatic heterocycles. The van der Waals surface area contributed by atoms with E-state index in [4.69, 9.17) is 4.74 Å². The Bertz CT molecular complexity index is 912. The van der Waals surface area contributed by atoms with Gasteiger partial charge in [-0.2, -0.15) is 0 Å².